The summed E-state index contributed by atoms with van der Waals surface area (Å²) in [7, 11) is 0. The second-order valence-corrected chi connectivity index (χ2v) is 27.3. The number of hydrogen-bond donors (Lipinski definition) is 26. The lowest BCUT2D eigenvalue weighted by atomic mass is 9.93. The first-order chi connectivity index (χ1) is 50.0. The lowest BCUT2D eigenvalue weighted by molar-refractivity contribution is -0.399. The molecule has 9 saturated heterocycles. The van der Waals surface area contributed by atoms with E-state index < -0.39 is 334 Å². The van der Waals surface area contributed by atoms with Crippen LogP contribution in [0.15, 0.2) is 0 Å². The predicted molar refractivity (Wildman–Crippen MR) is 328 cm³/mol. The van der Waals surface area contributed by atoms with Crippen LogP contribution in [-0.4, -0.2) is 451 Å². The molecule has 45 atom stereocenters. The second-order valence-electron chi connectivity index (χ2n) is 27.3. The Morgan fingerprint density at radius 1 is 0.245 bits per heavy atom. The maximum Gasteiger partial charge on any atom is 0.217 e. The van der Waals surface area contributed by atoms with Crippen LogP contribution in [0.5, 0.6) is 0 Å². The van der Waals surface area contributed by atoms with Gasteiger partial charge in [-0.25, -0.2) is 0 Å². The zero-order valence-corrected chi connectivity index (χ0v) is 57.7. The van der Waals surface area contributed by atoms with Crippen LogP contribution >= 0.6 is 0 Å². The Morgan fingerprint density at radius 2 is 0.462 bits per heavy atom. The minimum atomic E-state index is -2.44. The molecule has 0 saturated carbocycles. The van der Waals surface area contributed by atoms with E-state index >= 15 is 0 Å². The maximum absolute atomic E-state index is 13.4. The van der Waals surface area contributed by atoms with Crippen molar-refractivity contribution in [1.29, 1.82) is 0 Å². The molecule has 9 aliphatic rings. The van der Waals surface area contributed by atoms with Crippen molar-refractivity contribution in [2.45, 2.75) is 318 Å². The normalized spacial score (nSPS) is 51.1. The Balaban J connectivity index is 0.997. The van der Waals surface area contributed by atoms with Crippen molar-refractivity contribution < 1.29 is 212 Å². The van der Waals surface area contributed by atoms with Crippen molar-refractivity contribution in [3.63, 3.8) is 0 Å². The van der Waals surface area contributed by atoms with Gasteiger partial charge in [0.1, 0.15) is 201 Å². The fourth-order valence-corrected chi connectivity index (χ4v) is 14.0. The van der Waals surface area contributed by atoms with Crippen LogP contribution in [0.4, 0.5) is 0 Å². The molecule has 0 aromatic heterocycles. The highest BCUT2D eigenvalue weighted by molar-refractivity contribution is 5.74. The van der Waals surface area contributed by atoms with E-state index in [4.69, 9.17) is 80.5 Å². The van der Waals surface area contributed by atoms with E-state index in [1.807, 2.05) is 0 Å². The molecule has 9 aliphatic heterocycles. The number of aliphatic hydroxyl groups is 23. The van der Waals surface area contributed by atoms with E-state index in [9.17, 15) is 132 Å². The molecule has 0 aromatic rings. The lowest BCUT2D eigenvalue weighted by Gasteiger charge is -2.52. The first kappa shape index (κ1) is 86.8. The van der Waals surface area contributed by atoms with Crippen LogP contribution in [0.1, 0.15) is 41.5 Å². The number of rotatable bonds is 25. The van der Waals surface area contributed by atoms with Gasteiger partial charge in [-0.2, -0.15) is 0 Å². The topological polar surface area (TPSA) is 710 Å². The van der Waals surface area contributed by atoms with E-state index in [2.05, 4.69) is 16.0 Å². The summed E-state index contributed by atoms with van der Waals surface area (Å²) in [5.41, 5.74) is 0. The van der Waals surface area contributed by atoms with E-state index in [0.717, 1.165) is 20.8 Å². The monoisotopic (exact) mass is 1550 g/mol. The fraction of sp³-hybridized carbons (Fsp3) is 0.950. The van der Waals surface area contributed by atoms with Gasteiger partial charge in [-0.3, -0.25) is 14.4 Å². The largest absolute Gasteiger partial charge is 0.394 e. The van der Waals surface area contributed by atoms with Crippen LogP contribution in [0.25, 0.3) is 0 Å². The molecule has 0 aromatic carbocycles. The summed E-state index contributed by atoms with van der Waals surface area (Å²) in [4.78, 5) is 39.2. The smallest absolute Gasteiger partial charge is 0.217 e. The van der Waals surface area contributed by atoms with Gasteiger partial charge in [0.15, 0.2) is 56.6 Å². The first-order valence-electron chi connectivity index (χ1n) is 34.2. The minimum absolute atomic E-state index is 0.811. The molecule has 26 N–H and O–H groups in total. The van der Waals surface area contributed by atoms with Crippen LogP contribution in [0.3, 0.4) is 0 Å². The summed E-state index contributed by atoms with van der Waals surface area (Å²) in [6.07, 6.45) is -82.3. The molecule has 46 nitrogen and oxygen atoms in total. The number of carbonyl (C=O) groups excluding carboxylic acids is 3. The summed E-state index contributed by atoms with van der Waals surface area (Å²) in [5.74, 6) is -2.71. The zero-order chi connectivity index (χ0) is 78.1. The summed E-state index contributed by atoms with van der Waals surface area (Å²) in [6, 6.07) is -5.55. The molecule has 9 heterocycles. The molecule has 9 fully saturated rings. The zero-order valence-electron chi connectivity index (χ0n) is 57.7. The summed E-state index contributed by atoms with van der Waals surface area (Å²) >= 11 is 0. The van der Waals surface area contributed by atoms with E-state index in [-0.39, 0.29) is 0 Å². The highest BCUT2D eigenvalue weighted by Gasteiger charge is 2.62. The Kier molecular flexibility index (Phi) is 30.4. The molecule has 0 bridgehead atoms. The molecule has 0 radical (unpaired) electrons. The van der Waals surface area contributed by atoms with Gasteiger partial charge in [0.2, 0.25) is 17.7 Å². The number of aliphatic hydroxyl groups excluding tert-OH is 23. The number of carbonyl (C=O) groups is 3. The first-order valence-corrected chi connectivity index (χ1v) is 34.2. The average Bonchev–Trinajstić information content (AvgIpc) is 0.767. The molecule has 614 valence electrons. The summed E-state index contributed by atoms with van der Waals surface area (Å²) in [5, 5.41) is 261. The van der Waals surface area contributed by atoms with E-state index in [0.29, 0.717) is 0 Å². The molecular formula is C60H101N3O43. The minimum Gasteiger partial charge on any atom is -0.394 e. The Morgan fingerprint density at radius 3 is 0.764 bits per heavy atom. The molecular weight excluding hydrogens is 1450 g/mol. The van der Waals surface area contributed by atoms with Crippen molar-refractivity contribution in [3.8, 4) is 0 Å². The predicted octanol–water partition coefficient (Wildman–Crippen LogP) is -17.1. The number of ether oxygens (including phenoxy) is 17. The molecule has 3 amide bonds. The number of amides is 3. The quantitative estimate of drug-likeness (QED) is 0.0404. The molecule has 0 aliphatic carbocycles. The molecule has 46 heteroatoms. The number of nitrogens with one attached hydrogen (secondary N) is 3. The third-order valence-electron chi connectivity index (χ3n) is 19.9. The maximum atomic E-state index is 13.4. The van der Waals surface area contributed by atoms with Gasteiger partial charge in [-0.15, -0.1) is 0 Å². The van der Waals surface area contributed by atoms with Gasteiger partial charge < -0.3 is 214 Å². The van der Waals surface area contributed by atoms with Crippen molar-refractivity contribution in [3.05, 3.63) is 0 Å². The van der Waals surface area contributed by atoms with Crippen molar-refractivity contribution >= 4 is 17.7 Å². The van der Waals surface area contributed by atoms with Crippen molar-refractivity contribution in [2.24, 2.45) is 0 Å². The highest BCUT2D eigenvalue weighted by Crippen LogP contribution is 2.41. The van der Waals surface area contributed by atoms with E-state index in [1.54, 1.807) is 0 Å². The average molecular weight is 1550 g/mol. The van der Waals surface area contributed by atoms with Gasteiger partial charge in [0, 0.05) is 20.8 Å². The SMILES string of the molecule is CC(=O)N[C@@H]1[C@@H](O[C@@H]2O[C@@H](C)[C@@H](O)[C@@H](O)[C@@H]2O)[C@H](O[C@@H]2O[C@H](CO)[C@H](O[C@@H]3O[C@H](CO)[C@@H](O[C@@H]4O[C@H](CO)[C@H](O[C@@H]5O[C@H](CO)[C@@H](O[C@@H]6O[C@H](CO)[C@H](O)[C@H](O)[C@H]6O)[C@H](O[C@@H]6O[C@@H](C)[C@@H](O)[C@@H](O)[C@@H]6O)[C@H]5NC(C)=O)[C@H](O)[C@H]4O)[C@H](O[C@@H]4O[C@@H](C)[C@@H](O)[C@@H](O)[C@@H]4O)[C@H]3NC(C)=O)[C@H](O)[C@H]2O)[C@@H](CO)O[C@H]1O. The molecule has 106 heavy (non-hydrogen) atoms. The molecule has 0 spiro atoms. The Bertz CT molecular complexity index is 2780. The third-order valence-corrected chi connectivity index (χ3v) is 19.9. The van der Waals surface area contributed by atoms with Crippen molar-refractivity contribution in [2.75, 3.05) is 39.6 Å². The van der Waals surface area contributed by atoms with Gasteiger partial charge in [-0.1, -0.05) is 0 Å². The van der Waals surface area contributed by atoms with Gasteiger partial charge in [0.25, 0.3) is 0 Å². The Labute approximate surface area is 602 Å². The fourth-order valence-electron chi connectivity index (χ4n) is 14.0. The van der Waals surface area contributed by atoms with Gasteiger partial charge in [0.05, 0.1) is 58.0 Å². The van der Waals surface area contributed by atoms with E-state index in [1.165, 1.54) is 20.8 Å². The van der Waals surface area contributed by atoms with Gasteiger partial charge >= 0.3 is 0 Å². The third kappa shape index (κ3) is 18.5. The van der Waals surface area contributed by atoms with Crippen LogP contribution < -0.4 is 16.0 Å². The van der Waals surface area contributed by atoms with Crippen molar-refractivity contribution in [1.82, 2.24) is 16.0 Å². The highest BCUT2D eigenvalue weighted by atomic mass is 16.8. The molecule has 9 rings (SSSR count). The number of hydrogen-bond acceptors (Lipinski definition) is 43. The van der Waals surface area contributed by atoms with Crippen LogP contribution in [0, 0.1) is 0 Å². The summed E-state index contributed by atoms with van der Waals surface area (Å²) < 4.78 is 102. The van der Waals surface area contributed by atoms with Crippen LogP contribution in [-0.2, 0) is 94.9 Å². The lowest BCUT2D eigenvalue weighted by Crippen LogP contribution is -2.72. The Hall–Kier alpha value is -3.19. The van der Waals surface area contributed by atoms with Crippen LogP contribution in [0.2, 0.25) is 0 Å². The van der Waals surface area contributed by atoms with Gasteiger partial charge in [-0.05, 0) is 20.8 Å². The standard InChI is InChI=1S/C60H101N3O43/c1-13-28(73)32(77)38(83)55(90-13)104-49-25(61-16(4)70)52(89)93-22(10-67)46(49)101-59-42(87)36(81)44(20(8-65)97-59)99-54-27(63-18(6)72)51(106-57-40(85)34(79)30(75)15(3)92-57)48(24(12-69)96-54)103-60-43(88)37(82)45(21(9-66)98-60)100-53-26(62-17(5)71)50(105-56-39(84)33(78)29(74)14(2)91-56)47(23(11-68)95-53)102-58-41(86)35(80)31(76)19(7-64)94-58/h13-15,19-60,64-69,73-89H,7-12H2,1-6H3,(H,61,70)(H,62,71)(H,63,72)/t13-,14-,15-,19+,20+,21+,22+,23+,24+,25+,26+,27+,28+,29+,30+,31-,32+,33+,34+,35-,36+,37+,38-,39-,40-,41+,42+,43+,44-,45-,46+,47+,48+,49+,50+,51+,52+,53-,54-,55-,56-,57-,58-,59-,60-/m0/s1. The molecule has 0 unspecified atom stereocenters. The summed E-state index contributed by atoms with van der Waals surface area (Å²) in [6.45, 7) is 0.0751. The second kappa shape index (κ2) is 37.2.